The van der Waals surface area contributed by atoms with Crippen LogP contribution in [0.4, 0.5) is 5.69 Å². The van der Waals surface area contributed by atoms with Crippen LogP contribution in [-0.2, 0) is 13.1 Å². The molecule has 0 saturated carbocycles. The van der Waals surface area contributed by atoms with Gasteiger partial charge in [-0.15, -0.1) is 0 Å². The molecule has 206 valence electrons. The Bertz CT molecular complexity index is 1460. The van der Waals surface area contributed by atoms with Crippen molar-refractivity contribution >= 4 is 23.3 Å². The molecule has 0 unspecified atom stereocenters. The Morgan fingerprint density at radius 2 is 1.52 bits per heavy atom. The molecule has 1 N–H and O–H groups in total. The number of hydrogen-bond acceptors (Lipinski definition) is 5. The first-order valence-electron chi connectivity index (χ1n) is 13.5. The lowest BCUT2D eigenvalue weighted by atomic mass is 9.99. The zero-order valence-electron chi connectivity index (χ0n) is 22.9. The second kappa shape index (κ2) is 12.6. The largest absolute Gasteiger partial charge is 0.478 e. The number of nitrogens with zero attached hydrogens (tertiary/aromatic N) is 3. The molecule has 0 aliphatic carbocycles. The van der Waals surface area contributed by atoms with Crippen LogP contribution in [0.25, 0.3) is 11.1 Å². The molecule has 0 bridgehead atoms. The first-order valence-corrected chi connectivity index (χ1v) is 13.8. The van der Waals surface area contributed by atoms with Crippen LogP contribution < -0.4 is 9.64 Å². The van der Waals surface area contributed by atoms with E-state index in [0.29, 0.717) is 18.0 Å². The number of halogens is 1. The predicted molar refractivity (Wildman–Crippen MR) is 162 cm³/mol. The monoisotopic (exact) mass is 555 g/mol. The van der Waals surface area contributed by atoms with E-state index in [1.165, 1.54) is 11.1 Å². The van der Waals surface area contributed by atoms with Crippen LogP contribution in [0, 0.1) is 0 Å². The fraction of sp³-hybridized carbons (Fsp3) is 0.242. The number of piperazine rings is 1. The maximum atomic E-state index is 12.0. The number of carboxylic acids is 1. The van der Waals surface area contributed by atoms with Crippen LogP contribution in [-0.4, -0.2) is 61.2 Å². The van der Waals surface area contributed by atoms with Crippen LogP contribution >= 0.6 is 11.6 Å². The van der Waals surface area contributed by atoms with Crippen LogP contribution in [0.3, 0.4) is 0 Å². The molecule has 0 amide bonds. The van der Waals surface area contributed by atoms with Crippen molar-refractivity contribution < 1.29 is 14.6 Å². The molecule has 1 heterocycles. The van der Waals surface area contributed by atoms with E-state index in [2.05, 4.69) is 51.1 Å². The van der Waals surface area contributed by atoms with Gasteiger partial charge in [-0.2, -0.15) is 0 Å². The maximum Gasteiger partial charge on any atom is 0.339 e. The molecule has 1 saturated heterocycles. The molecule has 1 aliphatic rings. The van der Waals surface area contributed by atoms with Gasteiger partial charge in [0.25, 0.3) is 0 Å². The van der Waals surface area contributed by atoms with E-state index >= 15 is 0 Å². The van der Waals surface area contributed by atoms with Gasteiger partial charge in [-0.25, -0.2) is 4.79 Å². The van der Waals surface area contributed by atoms with Gasteiger partial charge in [0.05, 0.1) is 0 Å². The number of carbonyl (C=O) groups is 1. The van der Waals surface area contributed by atoms with Gasteiger partial charge in [0, 0.05) is 61.6 Å². The lowest BCUT2D eigenvalue weighted by Crippen LogP contribution is -2.46. The van der Waals surface area contributed by atoms with Crippen LogP contribution in [0.2, 0.25) is 5.02 Å². The Labute approximate surface area is 241 Å². The minimum absolute atomic E-state index is 0.154. The van der Waals surface area contributed by atoms with Crippen molar-refractivity contribution in [2.24, 2.45) is 0 Å². The molecule has 1 fully saturated rings. The fourth-order valence-corrected chi connectivity index (χ4v) is 5.26. The minimum Gasteiger partial charge on any atom is -0.478 e. The summed E-state index contributed by atoms with van der Waals surface area (Å²) in [6.07, 6.45) is 0. The minimum atomic E-state index is -1.00. The first kappa shape index (κ1) is 27.7. The lowest BCUT2D eigenvalue weighted by molar-refractivity contribution is 0.0694. The second-order valence-corrected chi connectivity index (χ2v) is 10.8. The first-order chi connectivity index (χ1) is 19.4. The van der Waals surface area contributed by atoms with Gasteiger partial charge >= 0.3 is 5.97 Å². The summed E-state index contributed by atoms with van der Waals surface area (Å²) in [6.45, 7) is 5.04. The number of rotatable bonds is 9. The Balaban J connectivity index is 1.30. The van der Waals surface area contributed by atoms with Gasteiger partial charge in [-0.05, 0) is 61.1 Å². The summed E-state index contributed by atoms with van der Waals surface area (Å²) >= 11 is 6.11. The molecule has 0 spiro atoms. The predicted octanol–water partition coefficient (Wildman–Crippen LogP) is 6.88. The summed E-state index contributed by atoms with van der Waals surface area (Å²) in [4.78, 5) is 18.8. The van der Waals surface area contributed by atoms with Gasteiger partial charge < -0.3 is 19.6 Å². The average molecular weight is 556 g/mol. The Morgan fingerprint density at radius 3 is 2.23 bits per heavy atom. The van der Waals surface area contributed by atoms with Gasteiger partial charge in [0.1, 0.15) is 17.1 Å². The Hall–Kier alpha value is -3.84. The highest BCUT2D eigenvalue weighted by molar-refractivity contribution is 6.30. The molecule has 1 aliphatic heterocycles. The molecule has 4 aromatic carbocycles. The third kappa shape index (κ3) is 6.65. The Morgan fingerprint density at radius 1 is 0.850 bits per heavy atom. The van der Waals surface area contributed by atoms with E-state index in [0.717, 1.165) is 54.6 Å². The molecular formula is C33H34ClN3O3. The van der Waals surface area contributed by atoms with E-state index in [1.807, 2.05) is 62.6 Å². The number of ether oxygens (including phenoxy) is 1. The number of anilines is 1. The van der Waals surface area contributed by atoms with Crippen molar-refractivity contribution in [3.8, 4) is 22.6 Å². The summed E-state index contributed by atoms with van der Waals surface area (Å²) in [5.74, 6) is 0.0198. The van der Waals surface area contributed by atoms with Crippen LogP contribution in [0.5, 0.6) is 11.5 Å². The highest BCUT2D eigenvalue weighted by Gasteiger charge is 2.21. The molecule has 7 heteroatoms. The molecule has 6 nitrogen and oxygen atoms in total. The third-order valence-electron chi connectivity index (χ3n) is 7.18. The number of aromatic carboxylic acids is 1. The number of para-hydroxylation sites is 1. The van der Waals surface area contributed by atoms with E-state index in [9.17, 15) is 9.90 Å². The van der Waals surface area contributed by atoms with Gasteiger partial charge in [0.15, 0.2) is 0 Å². The highest BCUT2D eigenvalue weighted by Crippen LogP contribution is 2.33. The zero-order chi connectivity index (χ0) is 28.1. The van der Waals surface area contributed by atoms with Crippen molar-refractivity contribution in [2.45, 2.75) is 13.1 Å². The molecule has 0 radical (unpaired) electrons. The fourth-order valence-electron chi connectivity index (χ4n) is 5.14. The molecule has 4 aromatic rings. The quantitative estimate of drug-likeness (QED) is 0.243. The average Bonchev–Trinajstić information content (AvgIpc) is 2.95. The third-order valence-corrected chi connectivity index (χ3v) is 7.43. The van der Waals surface area contributed by atoms with Gasteiger partial charge in [-0.3, -0.25) is 4.90 Å². The highest BCUT2D eigenvalue weighted by atomic mass is 35.5. The standard InChI is InChI=1S/C33H34ClN3O3/c1-35(2)22-26-8-4-6-10-31(26)40-32-21-28(15-16-30(32)33(38)39)37-19-17-36(18-20-37)23-25-7-3-5-9-29(25)24-11-13-27(34)14-12-24/h3-16,21H,17-20,22-23H2,1-2H3,(H,38,39). The molecular weight excluding hydrogens is 522 g/mol. The van der Waals surface area contributed by atoms with Crippen molar-refractivity contribution in [3.63, 3.8) is 0 Å². The number of hydrogen-bond donors (Lipinski definition) is 1. The van der Waals surface area contributed by atoms with E-state index < -0.39 is 5.97 Å². The van der Waals surface area contributed by atoms with Gasteiger partial charge in [-0.1, -0.05) is 66.2 Å². The molecule has 40 heavy (non-hydrogen) atoms. The number of carboxylic acid groups (broad SMARTS) is 1. The topological polar surface area (TPSA) is 56.2 Å². The van der Waals surface area contributed by atoms with Crippen LogP contribution in [0.15, 0.2) is 91.0 Å². The van der Waals surface area contributed by atoms with Crippen molar-refractivity contribution in [1.29, 1.82) is 0 Å². The summed E-state index contributed by atoms with van der Waals surface area (Å²) in [5, 5.41) is 10.6. The van der Waals surface area contributed by atoms with Crippen molar-refractivity contribution in [1.82, 2.24) is 9.80 Å². The normalized spacial score (nSPS) is 13.9. The molecule has 5 rings (SSSR count). The lowest BCUT2D eigenvalue weighted by Gasteiger charge is -2.36. The summed E-state index contributed by atoms with van der Waals surface area (Å²) in [7, 11) is 3.99. The summed E-state index contributed by atoms with van der Waals surface area (Å²) in [6, 6.07) is 29.7. The van der Waals surface area contributed by atoms with E-state index in [1.54, 1.807) is 6.07 Å². The SMILES string of the molecule is CN(C)Cc1ccccc1Oc1cc(N2CCN(Cc3ccccc3-c3ccc(Cl)cc3)CC2)ccc1C(=O)O. The Kier molecular flexibility index (Phi) is 8.70. The maximum absolute atomic E-state index is 12.0. The molecule has 0 aromatic heterocycles. The van der Waals surface area contributed by atoms with E-state index in [-0.39, 0.29) is 5.56 Å². The number of benzene rings is 4. The summed E-state index contributed by atoms with van der Waals surface area (Å²) < 4.78 is 6.24. The second-order valence-electron chi connectivity index (χ2n) is 10.4. The zero-order valence-corrected chi connectivity index (χ0v) is 23.6. The smallest absolute Gasteiger partial charge is 0.339 e. The van der Waals surface area contributed by atoms with Crippen LogP contribution in [0.1, 0.15) is 21.5 Å². The van der Waals surface area contributed by atoms with E-state index in [4.69, 9.17) is 16.3 Å². The summed E-state index contributed by atoms with van der Waals surface area (Å²) in [5.41, 5.74) is 5.80. The van der Waals surface area contributed by atoms with Crippen molar-refractivity contribution in [2.75, 3.05) is 45.2 Å². The molecule has 0 atom stereocenters. The van der Waals surface area contributed by atoms with Crippen molar-refractivity contribution in [3.05, 3.63) is 113 Å². The van der Waals surface area contributed by atoms with Gasteiger partial charge in [0.2, 0.25) is 0 Å².